The van der Waals surface area contributed by atoms with Crippen LogP contribution in [0.15, 0.2) is 17.6 Å². The average Bonchev–Trinajstić information content (AvgIpc) is 3.32. The molecule has 2 amide bonds. The van der Waals surface area contributed by atoms with E-state index in [1.54, 1.807) is 11.1 Å². The maximum Gasteiger partial charge on any atom is 0.229 e. The number of amides is 2. The number of carbonyl (C=O) groups is 2. The summed E-state index contributed by atoms with van der Waals surface area (Å²) in [5.41, 5.74) is 0.930. The van der Waals surface area contributed by atoms with E-state index in [1.807, 2.05) is 18.4 Å². The zero-order valence-electron chi connectivity index (χ0n) is 16.3. The van der Waals surface area contributed by atoms with E-state index in [1.165, 1.54) is 11.3 Å². The fourth-order valence-corrected chi connectivity index (χ4v) is 3.77. The Morgan fingerprint density at radius 3 is 2.96 bits per heavy atom. The fourth-order valence-electron chi connectivity index (χ4n) is 3.11. The topological polar surface area (TPSA) is 100 Å². The maximum absolute atomic E-state index is 12.4. The summed E-state index contributed by atoms with van der Waals surface area (Å²) in [6.45, 7) is 5.51. The molecule has 0 aliphatic carbocycles. The third-order valence-corrected chi connectivity index (χ3v) is 5.33. The van der Waals surface area contributed by atoms with Gasteiger partial charge in [-0.3, -0.25) is 14.5 Å². The number of nitrogens with one attached hydrogen (secondary N) is 2. The minimum atomic E-state index is -0.335. The molecule has 1 aliphatic heterocycles. The van der Waals surface area contributed by atoms with E-state index in [4.69, 9.17) is 0 Å². The van der Waals surface area contributed by atoms with Crippen molar-refractivity contribution in [2.24, 2.45) is 5.92 Å². The normalized spacial score (nSPS) is 16.4. The lowest BCUT2D eigenvalue weighted by atomic mass is 10.1. The highest BCUT2D eigenvalue weighted by Crippen LogP contribution is 2.26. The molecule has 0 saturated carbocycles. The number of hydrogen-bond acceptors (Lipinski definition) is 7. The van der Waals surface area contributed by atoms with Gasteiger partial charge in [-0.05, 0) is 13.3 Å². The number of thiazole rings is 1. The Labute approximate surface area is 168 Å². The molecule has 1 atom stereocenters. The van der Waals surface area contributed by atoms with E-state index in [2.05, 4.69) is 32.5 Å². The zero-order chi connectivity index (χ0) is 19.9. The first-order valence-electron chi connectivity index (χ1n) is 9.62. The molecule has 2 aromatic heterocycles. The number of aryl methyl sites for hydroxylation is 2. The first-order valence-corrected chi connectivity index (χ1v) is 10.5. The molecule has 3 rings (SSSR count). The van der Waals surface area contributed by atoms with Gasteiger partial charge in [-0.2, -0.15) is 0 Å². The van der Waals surface area contributed by atoms with E-state index in [0.29, 0.717) is 24.8 Å². The first-order chi connectivity index (χ1) is 13.6. The molecule has 0 bridgehead atoms. The van der Waals surface area contributed by atoms with Crippen LogP contribution < -0.4 is 15.5 Å². The van der Waals surface area contributed by atoms with Gasteiger partial charge in [0.2, 0.25) is 11.8 Å². The molecule has 1 fully saturated rings. The molecular formula is C19H26N6O2S. The van der Waals surface area contributed by atoms with Gasteiger partial charge in [-0.1, -0.05) is 13.3 Å². The Bertz CT molecular complexity index is 811. The van der Waals surface area contributed by atoms with Crippen LogP contribution in [0.25, 0.3) is 0 Å². The van der Waals surface area contributed by atoms with Crippen LogP contribution in [0.4, 0.5) is 10.9 Å². The van der Waals surface area contributed by atoms with Crippen molar-refractivity contribution in [1.29, 1.82) is 0 Å². The second kappa shape index (κ2) is 9.59. The fraction of sp³-hybridized carbons (Fsp3) is 0.526. The lowest BCUT2D eigenvalue weighted by Gasteiger charge is -2.13. The quantitative estimate of drug-likeness (QED) is 0.624. The van der Waals surface area contributed by atoms with Crippen LogP contribution in [0.1, 0.15) is 37.7 Å². The highest BCUT2D eigenvalue weighted by molar-refractivity contribution is 7.13. The third kappa shape index (κ3) is 5.25. The molecule has 0 spiro atoms. The van der Waals surface area contributed by atoms with Crippen LogP contribution in [-0.4, -0.2) is 46.4 Å². The molecule has 1 saturated heterocycles. The van der Waals surface area contributed by atoms with Gasteiger partial charge in [-0.25, -0.2) is 15.0 Å². The van der Waals surface area contributed by atoms with Gasteiger partial charge in [-0.15, -0.1) is 11.3 Å². The number of aromatic nitrogens is 3. The number of anilines is 2. The summed E-state index contributed by atoms with van der Waals surface area (Å²) in [7, 11) is 0. The number of nitrogens with zero attached hydrogens (tertiary/aromatic N) is 4. The van der Waals surface area contributed by atoms with Crippen LogP contribution in [0.5, 0.6) is 0 Å². The van der Waals surface area contributed by atoms with Crippen molar-refractivity contribution in [3.63, 3.8) is 0 Å². The van der Waals surface area contributed by atoms with Crippen LogP contribution in [0.3, 0.4) is 0 Å². The molecular weight excluding hydrogens is 376 g/mol. The monoisotopic (exact) mass is 402 g/mol. The third-order valence-electron chi connectivity index (χ3n) is 4.53. The summed E-state index contributed by atoms with van der Waals surface area (Å²) < 4.78 is 0. The highest BCUT2D eigenvalue weighted by Gasteiger charge is 2.35. The van der Waals surface area contributed by atoms with Crippen molar-refractivity contribution in [1.82, 2.24) is 20.3 Å². The SMILES string of the molecule is CCCCc1nc(C)cc(NCCNC(=O)C2CC(=O)N(c3nccs3)C2)n1. The lowest BCUT2D eigenvalue weighted by Crippen LogP contribution is -2.35. The van der Waals surface area contributed by atoms with Gasteiger partial charge < -0.3 is 10.6 Å². The molecule has 3 heterocycles. The maximum atomic E-state index is 12.4. The molecule has 8 nitrogen and oxygen atoms in total. The van der Waals surface area contributed by atoms with E-state index < -0.39 is 0 Å². The van der Waals surface area contributed by atoms with Crippen molar-refractivity contribution in [3.05, 3.63) is 29.2 Å². The van der Waals surface area contributed by atoms with Gasteiger partial charge in [0.25, 0.3) is 0 Å². The van der Waals surface area contributed by atoms with Crippen LogP contribution in [0, 0.1) is 12.8 Å². The van der Waals surface area contributed by atoms with E-state index >= 15 is 0 Å². The summed E-state index contributed by atoms with van der Waals surface area (Å²) in [5.74, 6) is 1.14. The van der Waals surface area contributed by atoms with Crippen molar-refractivity contribution in [3.8, 4) is 0 Å². The van der Waals surface area contributed by atoms with Crippen LogP contribution in [0.2, 0.25) is 0 Å². The van der Waals surface area contributed by atoms with Gasteiger partial charge in [0.1, 0.15) is 11.6 Å². The average molecular weight is 403 g/mol. The Hall–Kier alpha value is -2.55. The molecule has 2 N–H and O–H groups in total. The van der Waals surface area contributed by atoms with Crippen molar-refractivity contribution in [2.45, 2.75) is 39.5 Å². The first kappa shape index (κ1) is 20.2. The molecule has 28 heavy (non-hydrogen) atoms. The Balaban J connectivity index is 1.43. The molecule has 0 radical (unpaired) electrons. The molecule has 1 aliphatic rings. The summed E-state index contributed by atoms with van der Waals surface area (Å²) in [6.07, 6.45) is 4.93. The molecule has 9 heteroatoms. The number of hydrogen-bond donors (Lipinski definition) is 2. The standard InChI is InChI=1S/C19H26N6O2S/c1-3-4-5-15-23-13(2)10-16(24-15)20-6-7-21-18(27)14-11-17(26)25(12-14)19-22-8-9-28-19/h8-10,14H,3-7,11-12H2,1-2H3,(H,21,27)(H,20,23,24). The number of rotatable bonds is 9. The second-order valence-corrected chi connectivity index (χ2v) is 7.73. The van der Waals surface area contributed by atoms with Crippen LogP contribution in [-0.2, 0) is 16.0 Å². The van der Waals surface area contributed by atoms with E-state index in [9.17, 15) is 9.59 Å². The van der Waals surface area contributed by atoms with Crippen molar-refractivity contribution in [2.75, 3.05) is 29.9 Å². The predicted octanol–water partition coefficient (Wildman–Crippen LogP) is 2.17. The van der Waals surface area contributed by atoms with E-state index in [0.717, 1.165) is 36.6 Å². The minimum absolute atomic E-state index is 0.0516. The number of carbonyl (C=O) groups excluding carboxylic acids is 2. The predicted molar refractivity (Wildman–Crippen MR) is 109 cm³/mol. The van der Waals surface area contributed by atoms with E-state index in [-0.39, 0.29) is 24.2 Å². The van der Waals surface area contributed by atoms with Gasteiger partial charge in [0.05, 0.1) is 5.92 Å². The van der Waals surface area contributed by atoms with Crippen molar-refractivity contribution >= 4 is 34.1 Å². The lowest BCUT2D eigenvalue weighted by molar-refractivity contribution is -0.126. The summed E-state index contributed by atoms with van der Waals surface area (Å²) >= 11 is 1.40. The molecule has 0 aromatic carbocycles. The summed E-state index contributed by atoms with van der Waals surface area (Å²) in [4.78, 5) is 39.2. The molecule has 150 valence electrons. The molecule has 1 unspecified atom stereocenters. The van der Waals surface area contributed by atoms with Gasteiger partial charge in [0.15, 0.2) is 5.13 Å². The zero-order valence-corrected chi connectivity index (χ0v) is 17.1. The minimum Gasteiger partial charge on any atom is -0.368 e. The van der Waals surface area contributed by atoms with Crippen molar-refractivity contribution < 1.29 is 9.59 Å². The van der Waals surface area contributed by atoms with Gasteiger partial charge >= 0.3 is 0 Å². The smallest absolute Gasteiger partial charge is 0.229 e. The second-order valence-electron chi connectivity index (χ2n) is 6.85. The summed E-state index contributed by atoms with van der Waals surface area (Å²) in [6, 6.07) is 1.90. The molecule has 2 aromatic rings. The highest BCUT2D eigenvalue weighted by atomic mass is 32.1. The largest absolute Gasteiger partial charge is 0.368 e. The van der Waals surface area contributed by atoms with Crippen LogP contribution >= 0.6 is 11.3 Å². The number of unbranched alkanes of at least 4 members (excludes halogenated alkanes) is 1. The Morgan fingerprint density at radius 1 is 1.36 bits per heavy atom. The summed E-state index contributed by atoms with van der Waals surface area (Å²) in [5, 5.41) is 8.62. The van der Waals surface area contributed by atoms with Gasteiger partial charge in [0, 0.05) is 55.8 Å². The Kier molecular flexibility index (Phi) is 6.91. The Morgan fingerprint density at radius 2 is 2.21 bits per heavy atom.